The van der Waals surface area contributed by atoms with Gasteiger partial charge >= 0.3 is 0 Å². The number of aromatic nitrogens is 2. The molecule has 4 N–H and O–H groups in total. The van der Waals surface area contributed by atoms with Crippen molar-refractivity contribution in [3.63, 3.8) is 0 Å². The molecule has 0 saturated heterocycles. The average Bonchev–Trinajstić information content (AvgIpc) is 2.45. The minimum atomic E-state index is -0.371. The highest BCUT2D eigenvalue weighted by atomic mass is 16.3. The Morgan fingerprint density at radius 3 is 2.93 bits per heavy atom. The first-order valence-electron chi connectivity index (χ1n) is 4.25. The molecule has 0 aromatic carbocycles. The van der Waals surface area contributed by atoms with Crippen LogP contribution in [0.25, 0.3) is 0 Å². The first-order valence-corrected chi connectivity index (χ1v) is 4.25. The average molecular weight is 198 g/mol. The SMILES string of the molecule is C[C@H](CO)NC(=O)c1nn(C)cc1N. The van der Waals surface area contributed by atoms with Crippen molar-refractivity contribution in [3.05, 3.63) is 11.9 Å². The van der Waals surface area contributed by atoms with Gasteiger partial charge in [0.05, 0.1) is 12.3 Å². The Hall–Kier alpha value is -1.56. The van der Waals surface area contributed by atoms with Crippen LogP contribution in [-0.2, 0) is 7.05 Å². The lowest BCUT2D eigenvalue weighted by Gasteiger charge is -2.08. The molecule has 0 unspecified atom stereocenters. The van der Waals surface area contributed by atoms with E-state index in [1.807, 2.05) is 0 Å². The van der Waals surface area contributed by atoms with Gasteiger partial charge in [0.1, 0.15) is 0 Å². The van der Waals surface area contributed by atoms with E-state index < -0.39 is 0 Å². The van der Waals surface area contributed by atoms with Gasteiger partial charge in [-0.25, -0.2) is 0 Å². The Labute approximate surface area is 81.7 Å². The van der Waals surface area contributed by atoms with Crippen LogP contribution in [0, 0.1) is 0 Å². The fraction of sp³-hybridized carbons (Fsp3) is 0.500. The number of amides is 1. The second kappa shape index (κ2) is 4.10. The van der Waals surface area contributed by atoms with Crippen molar-refractivity contribution >= 4 is 11.6 Å². The molecule has 6 heteroatoms. The van der Waals surface area contributed by atoms with Gasteiger partial charge in [0.2, 0.25) is 0 Å². The first-order chi connectivity index (χ1) is 6.54. The van der Waals surface area contributed by atoms with Gasteiger partial charge in [0.25, 0.3) is 5.91 Å². The Morgan fingerprint density at radius 1 is 1.86 bits per heavy atom. The lowest BCUT2D eigenvalue weighted by Crippen LogP contribution is -2.35. The molecule has 1 amide bonds. The summed E-state index contributed by atoms with van der Waals surface area (Å²) in [4.78, 5) is 11.5. The first kappa shape index (κ1) is 10.5. The number of carbonyl (C=O) groups excluding carboxylic acids is 1. The van der Waals surface area contributed by atoms with Gasteiger partial charge in [-0.05, 0) is 6.92 Å². The number of nitrogens with zero attached hydrogens (tertiary/aromatic N) is 2. The normalized spacial score (nSPS) is 12.5. The summed E-state index contributed by atoms with van der Waals surface area (Å²) in [5.74, 6) is -0.371. The molecule has 1 atom stereocenters. The smallest absolute Gasteiger partial charge is 0.274 e. The highest BCUT2D eigenvalue weighted by Crippen LogP contribution is 2.07. The zero-order chi connectivity index (χ0) is 10.7. The standard InChI is InChI=1S/C8H14N4O2/c1-5(4-13)10-8(14)7-6(9)3-12(2)11-7/h3,5,13H,4,9H2,1-2H3,(H,10,14)/t5-/m1/s1. The van der Waals surface area contributed by atoms with Crippen LogP contribution in [0.1, 0.15) is 17.4 Å². The largest absolute Gasteiger partial charge is 0.396 e. The van der Waals surface area contributed by atoms with Crippen molar-refractivity contribution in [2.24, 2.45) is 7.05 Å². The molecular formula is C8H14N4O2. The van der Waals surface area contributed by atoms with Crippen LogP contribution in [0.15, 0.2) is 6.20 Å². The van der Waals surface area contributed by atoms with Crippen LogP contribution in [0.5, 0.6) is 0 Å². The monoisotopic (exact) mass is 198 g/mol. The quantitative estimate of drug-likeness (QED) is 0.587. The van der Waals surface area contributed by atoms with E-state index in [-0.39, 0.29) is 24.2 Å². The van der Waals surface area contributed by atoms with Crippen molar-refractivity contribution < 1.29 is 9.90 Å². The predicted molar refractivity (Wildman–Crippen MR) is 51.6 cm³/mol. The van der Waals surface area contributed by atoms with E-state index in [4.69, 9.17) is 10.8 Å². The van der Waals surface area contributed by atoms with Crippen LogP contribution < -0.4 is 11.1 Å². The molecule has 14 heavy (non-hydrogen) atoms. The van der Waals surface area contributed by atoms with E-state index >= 15 is 0 Å². The van der Waals surface area contributed by atoms with Crippen molar-refractivity contribution in [2.75, 3.05) is 12.3 Å². The number of aliphatic hydroxyl groups is 1. The lowest BCUT2D eigenvalue weighted by atomic mass is 10.3. The zero-order valence-corrected chi connectivity index (χ0v) is 8.19. The van der Waals surface area contributed by atoms with Gasteiger partial charge in [-0.15, -0.1) is 0 Å². The number of hydrogen-bond donors (Lipinski definition) is 3. The lowest BCUT2D eigenvalue weighted by molar-refractivity contribution is 0.0917. The maximum Gasteiger partial charge on any atom is 0.274 e. The molecule has 1 rings (SSSR count). The van der Waals surface area contributed by atoms with Crippen molar-refractivity contribution in [3.8, 4) is 0 Å². The van der Waals surface area contributed by atoms with Crippen LogP contribution in [0.4, 0.5) is 5.69 Å². The molecule has 0 fully saturated rings. The number of hydrogen-bond acceptors (Lipinski definition) is 4. The number of nitrogen functional groups attached to an aromatic ring is 1. The van der Waals surface area contributed by atoms with Crippen LogP contribution >= 0.6 is 0 Å². The number of rotatable bonds is 3. The summed E-state index contributed by atoms with van der Waals surface area (Å²) >= 11 is 0. The van der Waals surface area contributed by atoms with E-state index in [9.17, 15) is 4.79 Å². The van der Waals surface area contributed by atoms with Gasteiger partial charge in [0, 0.05) is 19.3 Å². The zero-order valence-electron chi connectivity index (χ0n) is 8.19. The third-order valence-corrected chi connectivity index (χ3v) is 1.72. The Morgan fingerprint density at radius 2 is 2.50 bits per heavy atom. The van der Waals surface area contributed by atoms with Crippen molar-refractivity contribution in [2.45, 2.75) is 13.0 Å². The van der Waals surface area contributed by atoms with E-state index in [1.54, 1.807) is 20.2 Å². The molecule has 0 saturated carbocycles. The van der Waals surface area contributed by atoms with Crippen molar-refractivity contribution in [1.29, 1.82) is 0 Å². The Kier molecular flexibility index (Phi) is 3.08. The number of nitrogens with one attached hydrogen (secondary N) is 1. The summed E-state index contributed by atoms with van der Waals surface area (Å²) in [5.41, 5.74) is 6.07. The van der Waals surface area contributed by atoms with E-state index in [1.165, 1.54) is 4.68 Å². The van der Waals surface area contributed by atoms with Gasteiger partial charge in [-0.3, -0.25) is 9.48 Å². The molecule has 1 heterocycles. The molecule has 0 bridgehead atoms. The third kappa shape index (κ3) is 2.23. The molecule has 0 aliphatic carbocycles. The van der Waals surface area contributed by atoms with Gasteiger partial charge in [-0.1, -0.05) is 0 Å². The summed E-state index contributed by atoms with van der Waals surface area (Å²) < 4.78 is 1.47. The van der Waals surface area contributed by atoms with E-state index in [2.05, 4.69) is 10.4 Å². The Balaban J connectivity index is 2.74. The summed E-state index contributed by atoms with van der Waals surface area (Å²) in [5, 5.41) is 15.2. The number of aliphatic hydroxyl groups excluding tert-OH is 1. The van der Waals surface area contributed by atoms with Gasteiger partial charge < -0.3 is 16.2 Å². The molecule has 0 aliphatic rings. The second-order valence-corrected chi connectivity index (χ2v) is 3.16. The molecule has 6 nitrogen and oxygen atoms in total. The second-order valence-electron chi connectivity index (χ2n) is 3.16. The maximum absolute atomic E-state index is 11.5. The van der Waals surface area contributed by atoms with Crippen LogP contribution in [-0.4, -0.2) is 33.4 Å². The van der Waals surface area contributed by atoms with Gasteiger partial charge in [0.15, 0.2) is 5.69 Å². The third-order valence-electron chi connectivity index (χ3n) is 1.72. The fourth-order valence-corrected chi connectivity index (χ4v) is 1.02. The molecule has 1 aromatic rings. The summed E-state index contributed by atoms with van der Waals surface area (Å²) in [6, 6.07) is -0.302. The highest BCUT2D eigenvalue weighted by molar-refractivity contribution is 5.97. The molecular weight excluding hydrogens is 184 g/mol. The number of aryl methyl sites for hydroxylation is 1. The molecule has 1 aromatic heterocycles. The number of carbonyl (C=O) groups is 1. The van der Waals surface area contributed by atoms with Gasteiger partial charge in [-0.2, -0.15) is 5.10 Å². The maximum atomic E-state index is 11.5. The summed E-state index contributed by atoms with van der Waals surface area (Å²) in [6.45, 7) is 1.58. The summed E-state index contributed by atoms with van der Waals surface area (Å²) in [6.07, 6.45) is 1.55. The minimum absolute atomic E-state index is 0.113. The molecule has 0 aliphatic heterocycles. The minimum Gasteiger partial charge on any atom is -0.396 e. The predicted octanol–water partition coefficient (Wildman–Crippen LogP) is -0.887. The fourth-order valence-electron chi connectivity index (χ4n) is 1.02. The summed E-state index contributed by atoms with van der Waals surface area (Å²) in [7, 11) is 1.68. The van der Waals surface area contributed by atoms with E-state index in [0.717, 1.165) is 0 Å². The van der Waals surface area contributed by atoms with Crippen LogP contribution in [0.3, 0.4) is 0 Å². The molecule has 78 valence electrons. The number of anilines is 1. The highest BCUT2D eigenvalue weighted by Gasteiger charge is 2.15. The number of nitrogens with two attached hydrogens (primary N) is 1. The van der Waals surface area contributed by atoms with E-state index in [0.29, 0.717) is 5.69 Å². The van der Waals surface area contributed by atoms with Crippen LogP contribution in [0.2, 0.25) is 0 Å². The Bertz CT molecular complexity index is 334. The topological polar surface area (TPSA) is 93.2 Å². The molecule has 0 spiro atoms. The molecule has 0 radical (unpaired) electrons. The van der Waals surface area contributed by atoms with Crippen molar-refractivity contribution in [1.82, 2.24) is 15.1 Å².